The van der Waals surface area contributed by atoms with Gasteiger partial charge in [0.15, 0.2) is 0 Å². The number of nitrogens with zero attached hydrogens (tertiary/aromatic N) is 1. The van der Waals surface area contributed by atoms with Crippen LogP contribution in [0.3, 0.4) is 0 Å². The van der Waals surface area contributed by atoms with Crippen LogP contribution in [0.2, 0.25) is 0 Å². The van der Waals surface area contributed by atoms with E-state index in [2.05, 4.69) is 50.8 Å². The molecule has 1 aliphatic rings. The van der Waals surface area contributed by atoms with E-state index in [0.717, 1.165) is 24.6 Å². The summed E-state index contributed by atoms with van der Waals surface area (Å²) in [6.45, 7) is 11.5. The van der Waals surface area contributed by atoms with E-state index in [-0.39, 0.29) is 6.61 Å². The fourth-order valence-corrected chi connectivity index (χ4v) is 3.14. The van der Waals surface area contributed by atoms with Gasteiger partial charge in [0.2, 0.25) is 0 Å². The highest BCUT2D eigenvalue weighted by Crippen LogP contribution is 2.36. The van der Waals surface area contributed by atoms with Gasteiger partial charge >= 0.3 is 0 Å². The number of aliphatic hydroxyl groups is 1. The molecule has 1 fully saturated rings. The van der Waals surface area contributed by atoms with E-state index in [1.54, 1.807) is 0 Å². The normalized spacial score (nSPS) is 17.8. The molecule has 0 atom stereocenters. The molecule has 2 nitrogen and oxygen atoms in total. The number of aryl methyl sites for hydroxylation is 1. The molecule has 1 aromatic rings. The van der Waals surface area contributed by atoms with Crippen molar-refractivity contribution in [3.05, 3.63) is 29.3 Å². The van der Waals surface area contributed by atoms with Gasteiger partial charge in [0, 0.05) is 24.3 Å². The number of benzene rings is 1. The van der Waals surface area contributed by atoms with Crippen LogP contribution in [0.15, 0.2) is 18.2 Å². The van der Waals surface area contributed by atoms with Crippen LogP contribution in [0.25, 0.3) is 0 Å². The van der Waals surface area contributed by atoms with E-state index in [1.807, 2.05) is 0 Å². The Labute approximate surface area is 117 Å². The van der Waals surface area contributed by atoms with Gasteiger partial charge < -0.3 is 10.0 Å². The lowest BCUT2D eigenvalue weighted by Crippen LogP contribution is -2.38. The number of aliphatic hydroxyl groups excluding tert-OH is 1. The van der Waals surface area contributed by atoms with E-state index >= 15 is 0 Å². The van der Waals surface area contributed by atoms with Crippen LogP contribution in [0.4, 0.5) is 5.69 Å². The zero-order valence-electron chi connectivity index (χ0n) is 12.7. The zero-order valence-corrected chi connectivity index (χ0v) is 12.7. The van der Waals surface area contributed by atoms with Crippen LogP contribution in [0.5, 0.6) is 0 Å². The Balaban J connectivity index is 2.10. The van der Waals surface area contributed by atoms with Gasteiger partial charge in [-0.15, -0.1) is 0 Å². The number of hydrogen-bond donors (Lipinski definition) is 1. The number of rotatable bonds is 2. The van der Waals surface area contributed by atoms with Crippen molar-refractivity contribution < 1.29 is 5.11 Å². The highest BCUT2D eigenvalue weighted by Gasteiger charge is 2.29. The monoisotopic (exact) mass is 261 g/mol. The van der Waals surface area contributed by atoms with Crippen LogP contribution < -0.4 is 4.90 Å². The molecule has 0 amide bonds. The third-order valence-corrected chi connectivity index (χ3v) is 4.47. The summed E-state index contributed by atoms with van der Waals surface area (Å²) < 4.78 is 0. The number of hydrogen-bond acceptors (Lipinski definition) is 2. The second-order valence-corrected chi connectivity index (χ2v) is 6.92. The van der Waals surface area contributed by atoms with Gasteiger partial charge in [0.1, 0.15) is 0 Å². The Hall–Kier alpha value is -1.02. The average molecular weight is 261 g/mol. The predicted octanol–water partition coefficient (Wildman–Crippen LogP) is 3.75. The van der Waals surface area contributed by atoms with Crippen LogP contribution in [0.1, 0.15) is 44.7 Å². The van der Waals surface area contributed by atoms with E-state index < -0.39 is 0 Å². The van der Waals surface area contributed by atoms with Gasteiger partial charge in [-0.05, 0) is 37.2 Å². The minimum Gasteiger partial charge on any atom is -0.392 e. The molecule has 1 N–H and O–H groups in total. The molecule has 0 unspecified atom stereocenters. The first-order valence-electron chi connectivity index (χ1n) is 7.37. The third kappa shape index (κ3) is 3.30. The topological polar surface area (TPSA) is 23.5 Å². The van der Waals surface area contributed by atoms with Gasteiger partial charge in [-0.1, -0.05) is 38.5 Å². The Morgan fingerprint density at radius 3 is 2.37 bits per heavy atom. The van der Waals surface area contributed by atoms with Crippen molar-refractivity contribution in [1.29, 1.82) is 0 Å². The molecular weight excluding hydrogens is 234 g/mol. The SMILES string of the molecule is Cc1ccc(N2CCC(C(C)(C)C)CC2)c(CO)c1. The molecule has 0 aromatic heterocycles. The van der Waals surface area contributed by atoms with Crippen molar-refractivity contribution in [3.8, 4) is 0 Å². The average Bonchev–Trinajstić information content (AvgIpc) is 2.37. The van der Waals surface area contributed by atoms with Crippen molar-refractivity contribution in [2.75, 3.05) is 18.0 Å². The Morgan fingerprint density at radius 2 is 1.84 bits per heavy atom. The molecule has 19 heavy (non-hydrogen) atoms. The fourth-order valence-electron chi connectivity index (χ4n) is 3.14. The lowest BCUT2D eigenvalue weighted by molar-refractivity contribution is 0.198. The van der Waals surface area contributed by atoms with E-state index in [9.17, 15) is 5.11 Å². The molecule has 1 aromatic carbocycles. The quantitative estimate of drug-likeness (QED) is 0.876. The van der Waals surface area contributed by atoms with Gasteiger partial charge in [-0.2, -0.15) is 0 Å². The minimum atomic E-state index is 0.135. The number of piperidine rings is 1. The molecule has 2 heteroatoms. The van der Waals surface area contributed by atoms with E-state index in [1.165, 1.54) is 24.1 Å². The molecule has 0 spiro atoms. The summed E-state index contributed by atoms with van der Waals surface area (Å²) in [6.07, 6.45) is 2.50. The lowest BCUT2D eigenvalue weighted by atomic mass is 9.75. The summed E-state index contributed by atoms with van der Waals surface area (Å²) in [5.74, 6) is 0.812. The van der Waals surface area contributed by atoms with Crippen LogP contribution in [-0.4, -0.2) is 18.2 Å². The molecule has 1 heterocycles. The van der Waals surface area contributed by atoms with Crippen molar-refractivity contribution in [3.63, 3.8) is 0 Å². The van der Waals surface area contributed by atoms with E-state index in [0.29, 0.717) is 5.41 Å². The molecule has 0 saturated carbocycles. The summed E-state index contributed by atoms with van der Waals surface area (Å²) in [5, 5.41) is 9.53. The summed E-state index contributed by atoms with van der Waals surface area (Å²) in [6, 6.07) is 6.41. The maximum Gasteiger partial charge on any atom is 0.0702 e. The van der Waals surface area contributed by atoms with Crippen molar-refractivity contribution >= 4 is 5.69 Å². The molecule has 1 aliphatic heterocycles. The maximum atomic E-state index is 9.53. The molecule has 0 aliphatic carbocycles. The summed E-state index contributed by atoms with van der Waals surface area (Å²) >= 11 is 0. The van der Waals surface area contributed by atoms with Crippen LogP contribution >= 0.6 is 0 Å². The largest absolute Gasteiger partial charge is 0.392 e. The van der Waals surface area contributed by atoms with E-state index in [4.69, 9.17) is 0 Å². The molecule has 1 saturated heterocycles. The molecule has 0 bridgehead atoms. The molecule has 0 radical (unpaired) electrons. The standard InChI is InChI=1S/C17H27NO/c1-13-5-6-16(14(11-13)12-19)18-9-7-15(8-10-18)17(2,3)4/h5-6,11,15,19H,7-10,12H2,1-4H3. The van der Waals surface area contributed by atoms with Gasteiger partial charge in [-0.25, -0.2) is 0 Å². The third-order valence-electron chi connectivity index (χ3n) is 4.47. The smallest absolute Gasteiger partial charge is 0.0702 e. The van der Waals surface area contributed by atoms with Crippen molar-refractivity contribution in [1.82, 2.24) is 0 Å². The molecule has 106 valence electrons. The number of anilines is 1. The summed E-state index contributed by atoms with van der Waals surface area (Å²) in [5.41, 5.74) is 3.92. The second-order valence-electron chi connectivity index (χ2n) is 6.92. The second kappa shape index (κ2) is 5.54. The summed E-state index contributed by atoms with van der Waals surface area (Å²) in [7, 11) is 0. The first-order valence-corrected chi connectivity index (χ1v) is 7.37. The fraction of sp³-hybridized carbons (Fsp3) is 0.647. The van der Waals surface area contributed by atoms with Gasteiger partial charge in [0.25, 0.3) is 0 Å². The highest BCUT2D eigenvalue weighted by molar-refractivity contribution is 5.55. The molecule has 2 rings (SSSR count). The summed E-state index contributed by atoms with van der Waals surface area (Å²) in [4.78, 5) is 2.44. The Bertz CT molecular complexity index is 425. The van der Waals surface area contributed by atoms with Gasteiger partial charge in [0.05, 0.1) is 6.61 Å². The molecular formula is C17H27NO. The first-order chi connectivity index (χ1) is 8.91. The maximum absolute atomic E-state index is 9.53. The highest BCUT2D eigenvalue weighted by atomic mass is 16.3. The lowest BCUT2D eigenvalue weighted by Gasteiger charge is -2.40. The predicted molar refractivity (Wildman–Crippen MR) is 81.5 cm³/mol. The Kier molecular flexibility index (Phi) is 4.19. The zero-order chi connectivity index (χ0) is 14.0. The van der Waals surface area contributed by atoms with Gasteiger partial charge in [-0.3, -0.25) is 0 Å². The Morgan fingerprint density at radius 1 is 1.21 bits per heavy atom. The van der Waals surface area contributed by atoms with Crippen LogP contribution in [-0.2, 0) is 6.61 Å². The van der Waals surface area contributed by atoms with Crippen molar-refractivity contribution in [2.45, 2.75) is 47.1 Å². The van der Waals surface area contributed by atoms with Crippen molar-refractivity contribution in [2.24, 2.45) is 11.3 Å². The minimum absolute atomic E-state index is 0.135. The first kappa shape index (κ1) is 14.4. The van der Waals surface area contributed by atoms with Crippen LogP contribution in [0, 0.1) is 18.3 Å².